The smallest absolute Gasteiger partial charge is 0.217 e. The summed E-state index contributed by atoms with van der Waals surface area (Å²) < 4.78 is 1.64. The van der Waals surface area contributed by atoms with Crippen LogP contribution >= 0.6 is 11.3 Å². The minimum absolute atomic E-state index is 0.00509. The molecule has 2 heterocycles. The van der Waals surface area contributed by atoms with Gasteiger partial charge in [0.25, 0.3) is 0 Å². The molecule has 0 aromatic carbocycles. The Morgan fingerprint density at radius 2 is 2.42 bits per heavy atom. The van der Waals surface area contributed by atoms with Crippen molar-refractivity contribution in [1.82, 2.24) is 20.1 Å². The molecule has 1 amide bonds. The van der Waals surface area contributed by atoms with Gasteiger partial charge in [0.2, 0.25) is 5.91 Å². The lowest BCUT2D eigenvalue weighted by Crippen LogP contribution is -2.22. The molecule has 0 aliphatic carbocycles. The van der Waals surface area contributed by atoms with Gasteiger partial charge in [0.1, 0.15) is 5.82 Å². The van der Waals surface area contributed by atoms with E-state index >= 15 is 0 Å². The molecule has 102 valence electrons. The number of hydrogen-bond acceptors (Lipinski definition) is 5. The van der Waals surface area contributed by atoms with Crippen LogP contribution in [0.15, 0.2) is 17.5 Å². The third kappa shape index (κ3) is 3.87. The minimum Gasteiger partial charge on any atom is -0.394 e. The summed E-state index contributed by atoms with van der Waals surface area (Å²) in [6, 6.07) is 4.02. The monoisotopic (exact) mass is 280 g/mol. The van der Waals surface area contributed by atoms with Crippen LogP contribution < -0.4 is 5.32 Å². The number of hydrogen-bond donors (Lipinski definition) is 2. The molecule has 2 aromatic rings. The predicted octanol–water partition coefficient (Wildman–Crippen LogP) is 0.559. The number of carbonyl (C=O) groups excluding carboxylic acids is 1. The van der Waals surface area contributed by atoms with Crippen LogP contribution in [0.4, 0.5) is 0 Å². The van der Waals surface area contributed by atoms with Crippen molar-refractivity contribution in [3.05, 3.63) is 34.0 Å². The van der Waals surface area contributed by atoms with Gasteiger partial charge in [-0.25, -0.2) is 9.67 Å². The zero-order valence-electron chi connectivity index (χ0n) is 10.7. The number of nitrogens with zero attached hydrogens (tertiary/aromatic N) is 3. The van der Waals surface area contributed by atoms with E-state index in [0.717, 1.165) is 0 Å². The molecule has 2 N–H and O–H groups in total. The second-order valence-corrected chi connectivity index (χ2v) is 5.09. The molecule has 7 heteroatoms. The van der Waals surface area contributed by atoms with Crippen molar-refractivity contribution in [3.63, 3.8) is 0 Å². The molecule has 0 atom stereocenters. The highest BCUT2D eigenvalue weighted by atomic mass is 32.1. The van der Waals surface area contributed by atoms with Crippen LogP contribution in [0, 0.1) is 0 Å². The molecule has 0 bridgehead atoms. The topological polar surface area (TPSA) is 80.0 Å². The van der Waals surface area contributed by atoms with E-state index in [4.69, 9.17) is 5.11 Å². The van der Waals surface area contributed by atoms with E-state index in [2.05, 4.69) is 15.4 Å². The number of amides is 1. The van der Waals surface area contributed by atoms with Crippen molar-refractivity contribution < 1.29 is 9.90 Å². The van der Waals surface area contributed by atoms with E-state index in [1.54, 1.807) is 16.0 Å². The van der Waals surface area contributed by atoms with E-state index in [-0.39, 0.29) is 12.5 Å². The van der Waals surface area contributed by atoms with Crippen LogP contribution in [-0.4, -0.2) is 32.4 Å². The Bertz CT molecular complexity index is 536. The van der Waals surface area contributed by atoms with Gasteiger partial charge in [-0.15, -0.1) is 11.3 Å². The summed E-state index contributed by atoms with van der Waals surface area (Å²) in [4.78, 5) is 16.5. The van der Waals surface area contributed by atoms with Crippen molar-refractivity contribution >= 4 is 17.2 Å². The van der Waals surface area contributed by atoms with E-state index in [1.165, 1.54) is 11.8 Å². The maximum atomic E-state index is 10.9. The lowest BCUT2D eigenvalue weighted by Gasteiger charge is -2.03. The molecule has 0 fully saturated rings. The molecule has 0 unspecified atom stereocenters. The molecule has 0 saturated heterocycles. The second kappa shape index (κ2) is 6.44. The van der Waals surface area contributed by atoms with Crippen LogP contribution in [0.1, 0.15) is 23.4 Å². The minimum atomic E-state index is -0.113. The van der Waals surface area contributed by atoms with Gasteiger partial charge in [-0.05, 0) is 11.4 Å². The van der Waals surface area contributed by atoms with Gasteiger partial charge < -0.3 is 10.4 Å². The quantitative estimate of drug-likeness (QED) is 0.810. The van der Waals surface area contributed by atoms with Crippen LogP contribution in [-0.2, 0) is 24.3 Å². The highest BCUT2D eigenvalue weighted by Crippen LogP contribution is 2.13. The molecule has 0 spiro atoms. The number of rotatable bonds is 6. The third-order valence-corrected chi connectivity index (χ3v) is 3.39. The van der Waals surface area contributed by atoms with E-state index in [9.17, 15) is 4.79 Å². The van der Waals surface area contributed by atoms with Crippen molar-refractivity contribution in [2.75, 3.05) is 6.61 Å². The summed E-state index contributed by atoms with van der Waals surface area (Å²) in [6.07, 6.45) is 0.670. The zero-order valence-corrected chi connectivity index (χ0v) is 11.5. The average Bonchev–Trinajstić information content (AvgIpc) is 2.98. The Labute approximate surface area is 115 Å². The number of nitrogens with one attached hydrogen (secondary N) is 1. The maximum absolute atomic E-state index is 10.9. The van der Waals surface area contributed by atoms with Gasteiger partial charge >= 0.3 is 0 Å². The fraction of sp³-hybridized carbons (Fsp3) is 0.417. The summed E-state index contributed by atoms with van der Waals surface area (Å²) in [6.45, 7) is 2.16. The summed E-state index contributed by atoms with van der Waals surface area (Å²) in [5, 5.41) is 18.1. The van der Waals surface area contributed by atoms with Gasteiger partial charge in [-0.3, -0.25) is 4.79 Å². The van der Waals surface area contributed by atoms with Gasteiger partial charge in [0.05, 0.1) is 19.7 Å². The molecule has 0 aliphatic heterocycles. The van der Waals surface area contributed by atoms with Crippen LogP contribution in [0.2, 0.25) is 0 Å². The molecule has 0 saturated carbocycles. The lowest BCUT2D eigenvalue weighted by atomic mass is 10.3. The first-order chi connectivity index (χ1) is 9.19. The lowest BCUT2D eigenvalue weighted by molar-refractivity contribution is -0.119. The third-order valence-electron chi connectivity index (χ3n) is 2.51. The van der Waals surface area contributed by atoms with E-state index < -0.39 is 0 Å². The molecule has 6 nitrogen and oxygen atoms in total. The molecule has 0 radical (unpaired) electrons. The average molecular weight is 280 g/mol. The molecule has 2 rings (SSSR count). The first-order valence-electron chi connectivity index (χ1n) is 5.99. The van der Waals surface area contributed by atoms with E-state index in [0.29, 0.717) is 31.2 Å². The Hall–Kier alpha value is -1.73. The molecular weight excluding hydrogens is 264 g/mol. The van der Waals surface area contributed by atoms with Crippen LogP contribution in [0.5, 0.6) is 0 Å². The first kappa shape index (κ1) is 13.7. The Balaban J connectivity index is 2.11. The van der Waals surface area contributed by atoms with Crippen LogP contribution in [0.3, 0.4) is 0 Å². The summed E-state index contributed by atoms with van der Waals surface area (Å²) in [5.41, 5.74) is 0. The van der Waals surface area contributed by atoms with Crippen LogP contribution in [0.25, 0.3) is 0 Å². The molecule has 0 aliphatic rings. The highest BCUT2D eigenvalue weighted by molar-refractivity contribution is 7.09. The number of aliphatic hydroxyl groups excluding tert-OH is 1. The summed E-state index contributed by atoms with van der Waals surface area (Å²) in [7, 11) is 0. The van der Waals surface area contributed by atoms with Gasteiger partial charge in [0, 0.05) is 18.2 Å². The second-order valence-electron chi connectivity index (χ2n) is 4.06. The van der Waals surface area contributed by atoms with Gasteiger partial charge in [0.15, 0.2) is 5.82 Å². The fourth-order valence-corrected chi connectivity index (χ4v) is 2.38. The molecule has 19 heavy (non-hydrogen) atoms. The zero-order chi connectivity index (χ0) is 13.7. The van der Waals surface area contributed by atoms with Crippen molar-refractivity contribution in [2.45, 2.75) is 26.4 Å². The maximum Gasteiger partial charge on any atom is 0.217 e. The fourth-order valence-electron chi connectivity index (χ4n) is 1.68. The normalized spacial score (nSPS) is 10.6. The van der Waals surface area contributed by atoms with Crippen molar-refractivity contribution in [3.8, 4) is 0 Å². The molecular formula is C12H16N4O2S. The predicted molar refractivity (Wildman–Crippen MR) is 71.8 cm³/mol. The summed E-state index contributed by atoms with van der Waals surface area (Å²) in [5.74, 6) is 1.26. The van der Waals surface area contributed by atoms with Gasteiger partial charge in [-0.1, -0.05) is 6.07 Å². The van der Waals surface area contributed by atoms with Crippen molar-refractivity contribution in [2.24, 2.45) is 0 Å². The number of carbonyl (C=O) groups is 1. The molecule has 2 aromatic heterocycles. The highest BCUT2D eigenvalue weighted by Gasteiger charge is 2.10. The summed E-state index contributed by atoms with van der Waals surface area (Å²) >= 11 is 1.66. The largest absolute Gasteiger partial charge is 0.394 e. The van der Waals surface area contributed by atoms with Gasteiger partial charge in [-0.2, -0.15) is 5.10 Å². The Morgan fingerprint density at radius 3 is 3.05 bits per heavy atom. The number of aromatic nitrogens is 3. The number of aliphatic hydroxyl groups is 1. The SMILES string of the molecule is CC(=O)NCc1nc(Cc2cccs2)nn1CCO. The Morgan fingerprint density at radius 1 is 1.58 bits per heavy atom. The van der Waals surface area contributed by atoms with E-state index in [1.807, 2.05) is 17.5 Å². The Kier molecular flexibility index (Phi) is 4.64. The standard InChI is InChI=1S/C12H16N4O2S/c1-9(18)13-8-12-14-11(15-16(12)4-5-17)7-10-3-2-6-19-10/h2-3,6,17H,4-5,7-8H2,1H3,(H,13,18). The van der Waals surface area contributed by atoms with Crippen molar-refractivity contribution in [1.29, 1.82) is 0 Å². The number of thiophene rings is 1. The first-order valence-corrected chi connectivity index (χ1v) is 6.87.